The normalized spacial score (nSPS) is 9.43. The number of thiol groups is 1. The van der Waals surface area contributed by atoms with Crippen LogP contribution in [0.5, 0.6) is 0 Å². The third-order valence-corrected chi connectivity index (χ3v) is 0.775. The molecule has 0 radical (unpaired) electrons. The van der Waals surface area contributed by atoms with Crippen LogP contribution in [0.3, 0.4) is 0 Å². The highest BCUT2D eigenvalue weighted by Gasteiger charge is 1.84. The van der Waals surface area contributed by atoms with E-state index >= 15 is 0 Å². The first kappa shape index (κ1) is 7.22. The minimum absolute atomic E-state index is 0.308. The number of hydrogen-bond donors (Lipinski definition) is 2. The molecule has 0 atom stereocenters. The van der Waals surface area contributed by atoms with Crippen molar-refractivity contribution in [3.63, 3.8) is 0 Å². The molecule has 40 valence electrons. The van der Waals surface area contributed by atoms with E-state index in [0.29, 0.717) is 0 Å². The van der Waals surface area contributed by atoms with Crippen molar-refractivity contribution in [1.29, 1.82) is 0 Å². The van der Waals surface area contributed by atoms with Crippen LogP contribution in [0.1, 0.15) is 0 Å². The van der Waals surface area contributed by atoms with Gasteiger partial charge in [0.2, 0.25) is 0 Å². The first-order valence-electron chi connectivity index (χ1n) is 1.39. The van der Waals surface area contributed by atoms with E-state index in [0.717, 1.165) is 6.21 Å². The summed E-state index contributed by atoms with van der Waals surface area (Å²) in [6.07, 6.45) is 1.13. The van der Waals surface area contributed by atoms with Crippen molar-refractivity contribution in [3.05, 3.63) is 0 Å². The van der Waals surface area contributed by atoms with Crippen LogP contribution in [0.2, 0.25) is 0 Å². The summed E-state index contributed by atoms with van der Waals surface area (Å²) in [6.45, 7) is 0. The molecule has 3 nitrogen and oxygen atoms in total. The van der Waals surface area contributed by atoms with Gasteiger partial charge < -0.3 is 0 Å². The lowest BCUT2D eigenvalue weighted by molar-refractivity contribution is -0.112. The molecule has 5 heteroatoms. The molecular weight excluding hydrogens is 227 g/mol. The second kappa shape index (κ2) is 4.38. The number of nitrogens with zero attached hydrogens (tertiary/aromatic N) is 1. The molecule has 1 amide bonds. The van der Waals surface area contributed by atoms with Gasteiger partial charge in [0.05, 0.1) is 29.1 Å². The number of rotatable bonds is 1. The number of hydrogen-bond acceptors (Lipinski definition) is 3. The third-order valence-electron chi connectivity index (χ3n) is 0.276. The Labute approximate surface area is 60.6 Å². The molecule has 1 N–H and O–H groups in total. The average molecular weight is 230 g/mol. The van der Waals surface area contributed by atoms with Crippen molar-refractivity contribution >= 4 is 47.8 Å². The fraction of sp³-hybridized carbons (Fsp3) is 0. The summed E-state index contributed by atoms with van der Waals surface area (Å²) in [5.74, 6) is -0.308. The molecule has 0 spiro atoms. The fourth-order valence-corrected chi connectivity index (χ4v) is 0.384. The molecular formula is C2H3IN2OS. The summed E-state index contributed by atoms with van der Waals surface area (Å²) in [4.78, 5) is 10.1. The predicted molar refractivity (Wildman–Crippen MR) is 39.6 cm³/mol. The van der Waals surface area contributed by atoms with Crippen LogP contribution in [-0.2, 0) is 4.79 Å². The zero-order chi connectivity index (χ0) is 5.70. The van der Waals surface area contributed by atoms with Crippen molar-refractivity contribution in [3.8, 4) is 0 Å². The highest BCUT2D eigenvalue weighted by atomic mass is 127. The maximum Gasteiger partial charge on any atom is 0.272 e. The Kier molecular flexibility index (Phi) is 4.52. The molecule has 0 unspecified atom stereocenters. The van der Waals surface area contributed by atoms with Crippen molar-refractivity contribution in [2.24, 2.45) is 3.21 Å². The molecule has 0 saturated heterocycles. The summed E-state index contributed by atoms with van der Waals surface area (Å²) in [7, 11) is 0. The van der Waals surface area contributed by atoms with Crippen LogP contribution in [0.4, 0.5) is 0 Å². The smallest absolute Gasteiger partial charge is 0.272 e. The SMILES string of the molecule is O=C(C=NI)NS. The first-order valence-corrected chi connectivity index (χ1v) is 2.81. The highest BCUT2D eigenvalue weighted by molar-refractivity contribution is 14.1. The third kappa shape index (κ3) is 4.07. The van der Waals surface area contributed by atoms with Gasteiger partial charge in [-0.05, 0) is 0 Å². The van der Waals surface area contributed by atoms with E-state index < -0.39 is 0 Å². The summed E-state index contributed by atoms with van der Waals surface area (Å²) in [5.41, 5.74) is 0. The minimum atomic E-state index is -0.308. The molecule has 7 heavy (non-hydrogen) atoms. The van der Waals surface area contributed by atoms with E-state index in [1.165, 1.54) is 0 Å². The van der Waals surface area contributed by atoms with Crippen molar-refractivity contribution in [2.75, 3.05) is 0 Å². The van der Waals surface area contributed by atoms with Crippen LogP contribution in [0.15, 0.2) is 3.21 Å². The van der Waals surface area contributed by atoms with Gasteiger partial charge in [0, 0.05) is 0 Å². The number of carbonyl (C=O) groups excluding carboxylic acids is 1. The molecule has 0 fully saturated rings. The topological polar surface area (TPSA) is 41.5 Å². The molecule has 0 aliphatic heterocycles. The molecule has 0 aliphatic rings. The van der Waals surface area contributed by atoms with E-state index in [2.05, 4.69) is 20.7 Å². The van der Waals surface area contributed by atoms with Gasteiger partial charge in [-0.3, -0.25) is 9.52 Å². The summed E-state index contributed by atoms with van der Waals surface area (Å²) in [6, 6.07) is 0. The van der Waals surface area contributed by atoms with E-state index in [9.17, 15) is 4.79 Å². The predicted octanol–water partition coefficient (Wildman–Crippen LogP) is 0.368. The van der Waals surface area contributed by atoms with E-state index in [-0.39, 0.29) is 5.91 Å². The molecule has 0 aromatic rings. The first-order chi connectivity index (χ1) is 3.31. The zero-order valence-electron chi connectivity index (χ0n) is 3.26. The van der Waals surface area contributed by atoms with Crippen LogP contribution in [-0.4, -0.2) is 12.1 Å². The highest BCUT2D eigenvalue weighted by Crippen LogP contribution is 1.76. The molecule has 0 rings (SSSR count). The standard InChI is InChI=1S/C2H3IN2OS/c3-4-1-2(6)5-7/h1,7H,(H,5,6). The fourth-order valence-electron chi connectivity index (χ4n) is 0.0732. The van der Waals surface area contributed by atoms with Crippen LogP contribution in [0, 0.1) is 0 Å². The number of amides is 1. The van der Waals surface area contributed by atoms with Gasteiger partial charge in [-0.1, -0.05) is 12.8 Å². The Bertz CT molecular complexity index is 93.7. The lowest BCUT2D eigenvalue weighted by Gasteiger charge is -1.81. The van der Waals surface area contributed by atoms with E-state index in [1.807, 2.05) is 0 Å². The van der Waals surface area contributed by atoms with Gasteiger partial charge >= 0.3 is 0 Å². The van der Waals surface area contributed by atoms with Crippen LogP contribution < -0.4 is 4.72 Å². The van der Waals surface area contributed by atoms with Crippen LogP contribution >= 0.6 is 35.7 Å². The Morgan fingerprint density at radius 2 is 2.57 bits per heavy atom. The van der Waals surface area contributed by atoms with Gasteiger partial charge in [0.15, 0.2) is 0 Å². The summed E-state index contributed by atoms with van der Waals surface area (Å²) < 4.78 is 5.46. The number of carbonyl (C=O) groups is 1. The quantitative estimate of drug-likeness (QED) is 0.381. The second-order valence-electron chi connectivity index (χ2n) is 0.703. The Balaban J connectivity index is 3.37. The largest absolute Gasteiger partial charge is 0.298 e. The molecule has 0 aromatic carbocycles. The molecule has 0 saturated carbocycles. The lowest BCUT2D eigenvalue weighted by atomic mass is 10.7. The Hall–Kier alpha value is 0.220. The molecule has 0 bridgehead atoms. The zero-order valence-corrected chi connectivity index (χ0v) is 6.31. The van der Waals surface area contributed by atoms with Crippen molar-refractivity contribution in [2.45, 2.75) is 0 Å². The van der Waals surface area contributed by atoms with Crippen molar-refractivity contribution < 1.29 is 4.79 Å². The van der Waals surface area contributed by atoms with Crippen molar-refractivity contribution in [1.82, 2.24) is 4.72 Å². The van der Waals surface area contributed by atoms with Gasteiger partial charge in [0.1, 0.15) is 0 Å². The average Bonchev–Trinajstić information content (AvgIpc) is 1.68. The van der Waals surface area contributed by atoms with E-state index in [1.54, 1.807) is 22.9 Å². The summed E-state index contributed by atoms with van der Waals surface area (Å²) in [5, 5.41) is 0. The maximum absolute atomic E-state index is 10.1. The molecule has 0 aliphatic carbocycles. The minimum Gasteiger partial charge on any atom is -0.298 e. The Morgan fingerprint density at radius 3 is 2.71 bits per heavy atom. The van der Waals surface area contributed by atoms with Gasteiger partial charge in [-0.25, -0.2) is 3.21 Å². The molecule has 0 heterocycles. The monoisotopic (exact) mass is 230 g/mol. The van der Waals surface area contributed by atoms with Gasteiger partial charge in [0.25, 0.3) is 5.91 Å². The van der Waals surface area contributed by atoms with E-state index in [4.69, 9.17) is 0 Å². The Morgan fingerprint density at radius 1 is 2.00 bits per heavy atom. The summed E-state index contributed by atoms with van der Waals surface area (Å²) >= 11 is 5.16. The molecule has 0 aromatic heterocycles. The lowest BCUT2D eigenvalue weighted by Crippen LogP contribution is -2.12. The maximum atomic E-state index is 10.1. The van der Waals surface area contributed by atoms with Gasteiger partial charge in [-0.2, -0.15) is 0 Å². The number of halogens is 1. The van der Waals surface area contributed by atoms with Gasteiger partial charge in [-0.15, -0.1) is 0 Å². The van der Waals surface area contributed by atoms with Crippen LogP contribution in [0.25, 0.3) is 0 Å². The number of nitrogens with one attached hydrogen (secondary N) is 1. The second-order valence-corrected chi connectivity index (χ2v) is 1.48.